The molecule has 0 aromatic heterocycles. The largest absolute Gasteiger partial charge is 0.384 e. The van der Waals surface area contributed by atoms with Gasteiger partial charge in [-0.3, -0.25) is 4.21 Å². The predicted molar refractivity (Wildman–Crippen MR) is 71.6 cm³/mol. The second-order valence-corrected chi connectivity index (χ2v) is 7.80. The molecule has 0 bridgehead atoms. The highest BCUT2D eigenvalue weighted by Gasteiger charge is 2.07. The zero-order valence-electron chi connectivity index (χ0n) is 10.1. The van der Waals surface area contributed by atoms with Crippen LogP contribution in [0.5, 0.6) is 0 Å². The van der Waals surface area contributed by atoms with Crippen molar-refractivity contribution in [3.05, 3.63) is 24.3 Å². The number of nitrogens with one attached hydrogen (secondary N) is 1. The summed E-state index contributed by atoms with van der Waals surface area (Å²) in [6, 6.07) is 6.54. The van der Waals surface area contributed by atoms with Crippen LogP contribution in [-0.2, 0) is 20.6 Å². The van der Waals surface area contributed by atoms with Gasteiger partial charge in [-0.05, 0) is 31.2 Å². The van der Waals surface area contributed by atoms with Crippen LogP contribution < -0.4 is 5.32 Å². The molecule has 0 amide bonds. The van der Waals surface area contributed by atoms with E-state index in [0.717, 1.165) is 5.69 Å². The average Bonchev–Trinajstić information content (AvgIpc) is 2.25. The van der Waals surface area contributed by atoms with Crippen molar-refractivity contribution in [2.45, 2.75) is 17.1 Å². The molecule has 4 nitrogen and oxygen atoms in total. The second kappa shape index (κ2) is 5.64. The molecule has 0 radical (unpaired) electrons. The van der Waals surface area contributed by atoms with Gasteiger partial charge >= 0.3 is 0 Å². The smallest absolute Gasteiger partial charge is 0.175 e. The standard InChI is InChI=1S/C11H17NO3S2/c1-9(16(2)13)8-12-10-4-6-11(7-5-10)17(3,14)15/h4-7,9,12H,8H2,1-3H3. The van der Waals surface area contributed by atoms with Crippen LogP contribution in [0.15, 0.2) is 29.2 Å². The van der Waals surface area contributed by atoms with E-state index < -0.39 is 20.6 Å². The Balaban J connectivity index is 2.67. The van der Waals surface area contributed by atoms with Crippen LogP contribution in [-0.4, -0.2) is 36.9 Å². The lowest BCUT2D eigenvalue weighted by Crippen LogP contribution is -2.20. The highest BCUT2D eigenvalue weighted by molar-refractivity contribution is 7.90. The lowest BCUT2D eigenvalue weighted by Gasteiger charge is -2.11. The van der Waals surface area contributed by atoms with Gasteiger partial charge < -0.3 is 5.32 Å². The first-order valence-electron chi connectivity index (χ1n) is 5.17. The Morgan fingerprint density at radius 3 is 2.24 bits per heavy atom. The monoisotopic (exact) mass is 275 g/mol. The van der Waals surface area contributed by atoms with E-state index in [2.05, 4.69) is 5.32 Å². The van der Waals surface area contributed by atoms with E-state index in [4.69, 9.17) is 0 Å². The highest BCUT2D eigenvalue weighted by atomic mass is 32.2. The molecule has 0 spiro atoms. The Hall–Kier alpha value is -0.880. The minimum absolute atomic E-state index is 0.0598. The third kappa shape index (κ3) is 4.47. The number of hydrogen-bond acceptors (Lipinski definition) is 4. The molecule has 2 atom stereocenters. The third-order valence-corrected chi connectivity index (χ3v) is 4.87. The summed E-state index contributed by atoms with van der Waals surface area (Å²) in [5.41, 5.74) is 0.828. The van der Waals surface area contributed by atoms with E-state index >= 15 is 0 Å². The lowest BCUT2D eigenvalue weighted by atomic mass is 10.3. The van der Waals surface area contributed by atoms with E-state index in [0.29, 0.717) is 11.4 Å². The fourth-order valence-electron chi connectivity index (χ4n) is 1.20. The molecular weight excluding hydrogens is 258 g/mol. The van der Waals surface area contributed by atoms with Crippen molar-refractivity contribution in [3.8, 4) is 0 Å². The number of hydrogen-bond donors (Lipinski definition) is 1. The van der Waals surface area contributed by atoms with Gasteiger partial charge in [0.1, 0.15) is 0 Å². The van der Waals surface area contributed by atoms with Gasteiger partial charge in [0.15, 0.2) is 9.84 Å². The Bertz CT molecular complexity index is 494. The van der Waals surface area contributed by atoms with Crippen LogP contribution in [0.1, 0.15) is 6.92 Å². The van der Waals surface area contributed by atoms with Crippen LogP contribution in [0.3, 0.4) is 0 Å². The first-order chi connectivity index (χ1) is 7.80. The number of benzene rings is 1. The zero-order chi connectivity index (χ0) is 13.1. The van der Waals surface area contributed by atoms with E-state index in [1.54, 1.807) is 30.5 Å². The first kappa shape index (κ1) is 14.2. The predicted octanol–water partition coefficient (Wildman–Crippen LogP) is 1.27. The van der Waals surface area contributed by atoms with Crippen LogP contribution in [0, 0.1) is 0 Å². The molecule has 1 aromatic rings. The Kier molecular flexibility index (Phi) is 4.70. The van der Waals surface area contributed by atoms with Gasteiger partial charge in [0.2, 0.25) is 0 Å². The van der Waals surface area contributed by atoms with Gasteiger partial charge in [0.05, 0.1) is 4.90 Å². The van der Waals surface area contributed by atoms with Gasteiger partial charge in [-0.15, -0.1) is 0 Å². The van der Waals surface area contributed by atoms with Gasteiger partial charge in [0, 0.05) is 40.8 Å². The fourth-order valence-corrected chi connectivity index (χ4v) is 2.15. The molecular formula is C11H17NO3S2. The van der Waals surface area contributed by atoms with E-state index in [1.165, 1.54) is 6.26 Å². The van der Waals surface area contributed by atoms with E-state index in [1.807, 2.05) is 6.92 Å². The van der Waals surface area contributed by atoms with Crippen molar-refractivity contribution >= 4 is 26.3 Å². The van der Waals surface area contributed by atoms with Crippen molar-refractivity contribution in [2.75, 3.05) is 24.4 Å². The van der Waals surface area contributed by atoms with Crippen molar-refractivity contribution < 1.29 is 12.6 Å². The Labute approximate surface area is 105 Å². The van der Waals surface area contributed by atoms with Crippen molar-refractivity contribution in [3.63, 3.8) is 0 Å². The van der Waals surface area contributed by atoms with Crippen molar-refractivity contribution in [1.82, 2.24) is 0 Å². The number of sulfone groups is 1. The summed E-state index contributed by atoms with van der Waals surface area (Å²) in [6.07, 6.45) is 2.84. The molecule has 0 saturated carbocycles. The summed E-state index contributed by atoms with van der Waals surface area (Å²) in [6.45, 7) is 2.50. The van der Waals surface area contributed by atoms with Crippen LogP contribution in [0.2, 0.25) is 0 Å². The second-order valence-electron chi connectivity index (χ2n) is 3.99. The maximum atomic E-state index is 11.2. The summed E-state index contributed by atoms with van der Waals surface area (Å²) in [5.74, 6) is 0. The molecule has 0 aliphatic heterocycles. The SMILES string of the molecule is CC(CNc1ccc(S(C)(=O)=O)cc1)S(C)=O. The summed E-state index contributed by atoms with van der Waals surface area (Å²) in [7, 11) is -4.00. The quantitative estimate of drug-likeness (QED) is 0.879. The fraction of sp³-hybridized carbons (Fsp3) is 0.455. The highest BCUT2D eigenvalue weighted by Crippen LogP contribution is 2.13. The van der Waals surface area contributed by atoms with Gasteiger partial charge in [0.25, 0.3) is 0 Å². The van der Waals surface area contributed by atoms with Crippen LogP contribution in [0.4, 0.5) is 5.69 Å². The molecule has 0 heterocycles. The molecule has 0 aliphatic carbocycles. The zero-order valence-corrected chi connectivity index (χ0v) is 11.8. The molecule has 6 heteroatoms. The number of rotatable bonds is 5. The molecule has 0 aliphatic rings. The number of anilines is 1. The molecule has 0 saturated heterocycles. The minimum Gasteiger partial charge on any atom is -0.384 e. The molecule has 1 N–H and O–H groups in total. The normalized spacial score (nSPS) is 15.2. The maximum Gasteiger partial charge on any atom is 0.175 e. The van der Waals surface area contributed by atoms with Gasteiger partial charge in [-0.2, -0.15) is 0 Å². The summed E-state index contributed by atoms with van der Waals surface area (Å²) < 4.78 is 33.6. The van der Waals surface area contributed by atoms with E-state index in [9.17, 15) is 12.6 Å². The van der Waals surface area contributed by atoms with Gasteiger partial charge in [-0.25, -0.2) is 8.42 Å². The summed E-state index contributed by atoms with van der Waals surface area (Å²) in [4.78, 5) is 0.301. The molecule has 0 fully saturated rings. The molecule has 1 rings (SSSR count). The maximum absolute atomic E-state index is 11.2. The van der Waals surface area contributed by atoms with Gasteiger partial charge in [-0.1, -0.05) is 0 Å². The molecule has 2 unspecified atom stereocenters. The van der Waals surface area contributed by atoms with Crippen molar-refractivity contribution in [2.24, 2.45) is 0 Å². The summed E-state index contributed by atoms with van der Waals surface area (Å²) in [5, 5.41) is 3.18. The van der Waals surface area contributed by atoms with Crippen LogP contribution in [0.25, 0.3) is 0 Å². The van der Waals surface area contributed by atoms with Crippen LogP contribution >= 0.6 is 0 Å². The molecule has 96 valence electrons. The Morgan fingerprint density at radius 2 is 1.82 bits per heavy atom. The molecule has 17 heavy (non-hydrogen) atoms. The first-order valence-corrected chi connectivity index (χ1v) is 8.68. The third-order valence-electron chi connectivity index (χ3n) is 2.44. The Morgan fingerprint density at radius 1 is 1.29 bits per heavy atom. The summed E-state index contributed by atoms with van der Waals surface area (Å²) >= 11 is 0. The minimum atomic E-state index is -3.14. The molecule has 1 aromatic carbocycles. The topological polar surface area (TPSA) is 63.2 Å². The van der Waals surface area contributed by atoms with E-state index in [-0.39, 0.29) is 5.25 Å². The van der Waals surface area contributed by atoms with Crippen molar-refractivity contribution in [1.29, 1.82) is 0 Å². The average molecular weight is 275 g/mol. The lowest BCUT2D eigenvalue weighted by molar-refractivity contribution is 0.602.